The first kappa shape index (κ1) is 23.8. The van der Waals surface area contributed by atoms with Crippen LogP contribution in [0.1, 0.15) is 53.0 Å². The van der Waals surface area contributed by atoms with Crippen molar-refractivity contribution >= 4 is 17.5 Å². The third kappa shape index (κ3) is 5.49. The smallest absolute Gasteiger partial charge is 0.378 e. The lowest BCUT2D eigenvalue weighted by Crippen LogP contribution is -2.29. The number of alkyl halides is 3. The van der Waals surface area contributed by atoms with Crippen LogP contribution in [0.4, 0.5) is 13.2 Å². The largest absolute Gasteiger partial charge is 0.416 e. The molecule has 1 aromatic heterocycles. The average molecular weight is 466 g/mol. The maximum atomic E-state index is 13.2. The Morgan fingerprint density at radius 3 is 2.56 bits per heavy atom. The van der Waals surface area contributed by atoms with Gasteiger partial charge in [-0.3, -0.25) is 4.79 Å². The van der Waals surface area contributed by atoms with Crippen LogP contribution in [-0.2, 0) is 17.5 Å². The summed E-state index contributed by atoms with van der Waals surface area (Å²) < 4.78 is 46.3. The van der Waals surface area contributed by atoms with E-state index < -0.39 is 23.7 Å². The lowest BCUT2D eigenvalue weighted by Gasteiger charge is -2.20. The Hall–Kier alpha value is -2.84. The molecule has 32 heavy (non-hydrogen) atoms. The summed E-state index contributed by atoms with van der Waals surface area (Å²) in [5.41, 5.74) is 1.15. The van der Waals surface area contributed by atoms with E-state index in [1.54, 1.807) is 35.0 Å². The third-order valence-electron chi connectivity index (χ3n) is 4.96. The van der Waals surface area contributed by atoms with Gasteiger partial charge in [0.1, 0.15) is 0 Å². The van der Waals surface area contributed by atoms with Crippen molar-refractivity contribution in [1.82, 2.24) is 15.1 Å². The molecule has 3 aromatic rings. The van der Waals surface area contributed by atoms with Crippen molar-refractivity contribution in [2.45, 2.75) is 38.6 Å². The number of ether oxygens (including phenoxy) is 1. The highest BCUT2D eigenvalue weighted by Gasteiger charge is 2.31. The van der Waals surface area contributed by atoms with E-state index in [1.165, 1.54) is 19.4 Å². The van der Waals surface area contributed by atoms with E-state index in [2.05, 4.69) is 10.4 Å². The minimum atomic E-state index is -4.46. The molecule has 2 aromatic carbocycles. The third-order valence-corrected chi connectivity index (χ3v) is 5.22. The Labute approximate surface area is 189 Å². The van der Waals surface area contributed by atoms with Crippen molar-refractivity contribution < 1.29 is 22.7 Å². The molecule has 0 saturated carbocycles. The number of halogens is 4. The Kier molecular flexibility index (Phi) is 7.58. The standard InChI is InChI=1S/C23H23ClF3N3O2/c1-3-5-20(15-6-4-7-16(12-15)23(25,26)27)29-22(31)19-13-28-30(21(19)14-32-2)18-10-8-17(24)9-11-18/h4,6-13,20H,3,5,14H2,1-2H3,(H,29,31)/t20-/m0/s1. The normalized spacial score (nSPS) is 12.6. The van der Waals surface area contributed by atoms with Gasteiger partial charge in [-0.15, -0.1) is 0 Å². The quantitative estimate of drug-likeness (QED) is 0.446. The second-order valence-electron chi connectivity index (χ2n) is 7.26. The summed E-state index contributed by atoms with van der Waals surface area (Å²) in [7, 11) is 1.50. The molecule has 1 atom stereocenters. The molecule has 5 nitrogen and oxygen atoms in total. The predicted octanol–water partition coefficient (Wildman–Crippen LogP) is 5.96. The van der Waals surface area contributed by atoms with E-state index in [1.807, 2.05) is 6.92 Å². The van der Waals surface area contributed by atoms with Crippen molar-refractivity contribution in [3.63, 3.8) is 0 Å². The number of aromatic nitrogens is 2. The second kappa shape index (κ2) is 10.2. The molecule has 3 rings (SSSR count). The Balaban J connectivity index is 1.91. The number of hydrogen-bond donors (Lipinski definition) is 1. The summed E-state index contributed by atoms with van der Waals surface area (Å²) in [4.78, 5) is 13.1. The molecular formula is C23H23ClF3N3O2. The highest BCUT2D eigenvalue weighted by Crippen LogP contribution is 2.31. The molecule has 0 bridgehead atoms. The summed E-state index contributed by atoms with van der Waals surface area (Å²) in [5.74, 6) is -0.437. The highest BCUT2D eigenvalue weighted by atomic mass is 35.5. The molecule has 0 saturated heterocycles. The van der Waals surface area contributed by atoms with Crippen LogP contribution < -0.4 is 5.32 Å². The molecule has 0 radical (unpaired) electrons. The first-order chi connectivity index (χ1) is 15.2. The van der Waals surface area contributed by atoms with Gasteiger partial charge in [-0.05, 0) is 48.4 Å². The van der Waals surface area contributed by atoms with Gasteiger partial charge in [0.2, 0.25) is 0 Å². The lowest BCUT2D eigenvalue weighted by molar-refractivity contribution is -0.137. The fourth-order valence-corrected chi connectivity index (χ4v) is 3.55. The van der Waals surface area contributed by atoms with Crippen molar-refractivity contribution in [2.75, 3.05) is 7.11 Å². The molecule has 0 aliphatic rings. The number of nitrogens with one attached hydrogen (secondary N) is 1. The van der Waals surface area contributed by atoms with Crippen molar-refractivity contribution in [1.29, 1.82) is 0 Å². The van der Waals surface area contributed by atoms with Crippen molar-refractivity contribution in [2.24, 2.45) is 0 Å². The Morgan fingerprint density at radius 1 is 1.22 bits per heavy atom. The van der Waals surface area contributed by atoms with Crippen LogP contribution >= 0.6 is 11.6 Å². The van der Waals surface area contributed by atoms with Crippen molar-refractivity contribution in [3.8, 4) is 5.69 Å². The van der Waals surface area contributed by atoms with Crippen LogP contribution in [0.5, 0.6) is 0 Å². The molecule has 0 aliphatic heterocycles. The fourth-order valence-electron chi connectivity index (χ4n) is 3.42. The number of methoxy groups -OCH3 is 1. The summed E-state index contributed by atoms with van der Waals surface area (Å²) >= 11 is 5.95. The van der Waals surface area contributed by atoms with Crippen LogP contribution in [0.15, 0.2) is 54.7 Å². The van der Waals surface area contributed by atoms with Crippen LogP contribution in [-0.4, -0.2) is 22.8 Å². The average Bonchev–Trinajstić information content (AvgIpc) is 3.17. The minimum absolute atomic E-state index is 0.118. The van der Waals surface area contributed by atoms with E-state index >= 15 is 0 Å². The molecule has 9 heteroatoms. The predicted molar refractivity (Wildman–Crippen MR) is 116 cm³/mol. The van der Waals surface area contributed by atoms with Gasteiger partial charge < -0.3 is 10.1 Å². The second-order valence-corrected chi connectivity index (χ2v) is 7.70. The maximum Gasteiger partial charge on any atom is 0.416 e. The van der Waals surface area contributed by atoms with Gasteiger partial charge in [0.15, 0.2) is 0 Å². The van der Waals surface area contributed by atoms with E-state index in [4.69, 9.17) is 16.3 Å². The summed E-state index contributed by atoms with van der Waals surface area (Å²) in [6.07, 6.45) is -1.87. The number of carbonyl (C=O) groups excluding carboxylic acids is 1. The highest BCUT2D eigenvalue weighted by molar-refractivity contribution is 6.30. The van der Waals surface area contributed by atoms with Crippen LogP contribution in [0.2, 0.25) is 5.02 Å². The Morgan fingerprint density at radius 2 is 1.94 bits per heavy atom. The van der Waals surface area contributed by atoms with E-state index in [0.29, 0.717) is 34.8 Å². The number of carbonyl (C=O) groups is 1. The first-order valence-corrected chi connectivity index (χ1v) is 10.4. The van der Waals surface area contributed by atoms with Crippen LogP contribution in [0, 0.1) is 0 Å². The van der Waals surface area contributed by atoms with Crippen LogP contribution in [0.25, 0.3) is 5.69 Å². The monoisotopic (exact) mass is 465 g/mol. The zero-order valence-electron chi connectivity index (χ0n) is 17.6. The molecule has 0 unspecified atom stereocenters. The van der Waals surface area contributed by atoms with Gasteiger partial charge in [0, 0.05) is 12.1 Å². The SMILES string of the molecule is CCC[C@H](NC(=O)c1cnn(-c2ccc(Cl)cc2)c1COC)c1cccc(C(F)(F)F)c1. The zero-order chi connectivity index (χ0) is 23.3. The molecule has 0 spiro atoms. The molecule has 170 valence electrons. The summed E-state index contributed by atoms with van der Waals surface area (Å²) in [5, 5.41) is 7.74. The number of hydrogen-bond acceptors (Lipinski definition) is 3. The van der Waals surface area contributed by atoms with Crippen molar-refractivity contribution in [3.05, 3.63) is 82.1 Å². The molecular weight excluding hydrogens is 443 g/mol. The van der Waals surface area contributed by atoms with Gasteiger partial charge in [0.05, 0.1) is 41.4 Å². The van der Waals surface area contributed by atoms with E-state index in [-0.39, 0.29) is 12.2 Å². The minimum Gasteiger partial charge on any atom is -0.378 e. The molecule has 0 aliphatic carbocycles. The lowest BCUT2D eigenvalue weighted by atomic mass is 9.99. The summed E-state index contributed by atoms with van der Waals surface area (Å²) in [6, 6.07) is 11.4. The number of benzene rings is 2. The topological polar surface area (TPSA) is 56.2 Å². The maximum absolute atomic E-state index is 13.2. The van der Waals surface area contributed by atoms with Gasteiger partial charge in [-0.25, -0.2) is 4.68 Å². The zero-order valence-corrected chi connectivity index (χ0v) is 18.4. The fraction of sp³-hybridized carbons (Fsp3) is 0.304. The van der Waals surface area contributed by atoms with E-state index in [0.717, 1.165) is 12.1 Å². The molecule has 1 N–H and O–H groups in total. The molecule has 0 fully saturated rings. The van der Waals surface area contributed by atoms with Gasteiger partial charge >= 0.3 is 6.18 Å². The van der Waals surface area contributed by atoms with Crippen LogP contribution in [0.3, 0.4) is 0 Å². The van der Waals surface area contributed by atoms with Gasteiger partial charge in [-0.2, -0.15) is 18.3 Å². The van der Waals surface area contributed by atoms with E-state index in [9.17, 15) is 18.0 Å². The van der Waals surface area contributed by atoms with Gasteiger partial charge in [0.25, 0.3) is 5.91 Å². The number of rotatable bonds is 8. The first-order valence-electron chi connectivity index (χ1n) is 10.0. The number of nitrogens with zero attached hydrogens (tertiary/aromatic N) is 2. The summed E-state index contributed by atoms with van der Waals surface area (Å²) in [6.45, 7) is 2.02. The molecule has 1 heterocycles. The molecule has 1 amide bonds. The Bertz CT molecular complexity index is 1070. The number of amides is 1. The van der Waals surface area contributed by atoms with Gasteiger partial charge in [-0.1, -0.05) is 37.1 Å².